The van der Waals surface area contributed by atoms with Crippen LogP contribution in [0.4, 0.5) is 11.4 Å². The number of nitrogens with zero attached hydrogens (tertiary/aromatic N) is 1. The molecule has 3 nitrogen and oxygen atoms in total. The molecule has 0 radical (unpaired) electrons. The summed E-state index contributed by atoms with van der Waals surface area (Å²) in [4.78, 5) is 0. The van der Waals surface area contributed by atoms with Gasteiger partial charge in [0.15, 0.2) is 0 Å². The van der Waals surface area contributed by atoms with Crippen LogP contribution in [0.25, 0.3) is 0 Å². The molecule has 2 aromatic rings. The highest BCUT2D eigenvalue weighted by Crippen LogP contribution is 2.28. The molecule has 0 atom stereocenters. The standard InChI is InChI=1S/C15H15NO2S/c1-2-13-19(17,18)16(14-9-5-3-6-10-14)15-11-7-4-8-12-15/h2-12H,1,13H2. The molecule has 0 saturated carbocycles. The second kappa shape index (κ2) is 5.71. The number of hydrogen-bond acceptors (Lipinski definition) is 2. The fraction of sp³-hybridized carbons (Fsp3) is 0.0667. The SMILES string of the molecule is C=CCS(=O)(=O)N(c1ccccc1)c1ccccc1. The number of hydrogen-bond donors (Lipinski definition) is 0. The van der Waals surface area contributed by atoms with Crippen molar-refractivity contribution in [2.24, 2.45) is 0 Å². The van der Waals surface area contributed by atoms with E-state index in [2.05, 4.69) is 6.58 Å². The minimum atomic E-state index is -3.46. The Balaban J connectivity index is 2.55. The van der Waals surface area contributed by atoms with Gasteiger partial charge in [-0.05, 0) is 24.3 Å². The first kappa shape index (κ1) is 13.4. The van der Waals surface area contributed by atoms with Crippen LogP contribution in [0.1, 0.15) is 0 Å². The zero-order valence-electron chi connectivity index (χ0n) is 10.4. The topological polar surface area (TPSA) is 37.4 Å². The van der Waals surface area contributed by atoms with Crippen molar-refractivity contribution in [1.29, 1.82) is 0 Å². The van der Waals surface area contributed by atoms with Gasteiger partial charge in [0.2, 0.25) is 10.0 Å². The minimum absolute atomic E-state index is 0.100. The summed E-state index contributed by atoms with van der Waals surface area (Å²) >= 11 is 0. The first-order chi connectivity index (χ1) is 9.15. The zero-order valence-corrected chi connectivity index (χ0v) is 11.3. The van der Waals surface area contributed by atoms with Crippen molar-refractivity contribution in [2.75, 3.05) is 10.1 Å². The molecule has 0 aromatic heterocycles. The molecule has 0 aliphatic rings. The van der Waals surface area contributed by atoms with Gasteiger partial charge in [-0.2, -0.15) is 0 Å². The molecule has 0 aliphatic carbocycles. The van der Waals surface area contributed by atoms with Crippen LogP contribution < -0.4 is 4.31 Å². The third-order valence-corrected chi connectivity index (χ3v) is 4.22. The second-order valence-electron chi connectivity index (χ2n) is 4.00. The van der Waals surface area contributed by atoms with Crippen molar-refractivity contribution in [2.45, 2.75) is 0 Å². The maximum Gasteiger partial charge on any atom is 0.243 e. The predicted molar refractivity (Wildman–Crippen MR) is 79.0 cm³/mol. The Bertz CT molecular complexity index is 597. The van der Waals surface area contributed by atoms with Crippen LogP contribution in [0, 0.1) is 0 Å². The second-order valence-corrected chi connectivity index (χ2v) is 5.87. The van der Waals surface area contributed by atoms with E-state index < -0.39 is 10.0 Å². The van der Waals surface area contributed by atoms with Crippen molar-refractivity contribution in [3.63, 3.8) is 0 Å². The van der Waals surface area contributed by atoms with Crippen molar-refractivity contribution in [3.8, 4) is 0 Å². The molecule has 0 bridgehead atoms. The summed E-state index contributed by atoms with van der Waals surface area (Å²) in [6.45, 7) is 3.51. The normalized spacial score (nSPS) is 10.9. The van der Waals surface area contributed by atoms with Gasteiger partial charge in [-0.15, -0.1) is 6.58 Å². The molecule has 0 aliphatic heterocycles. The van der Waals surface area contributed by atoms with E-state index in [4.69, 9.17) is 0 Å². The summed E-state index contributed by atoms with van der Waals surface area (Å²) < 4.78 is 26.1. The molecule has 0 amide bonds. The molecule has 2 aromatic carbocycles. The fourth-order valence-corrected chi connectivity index (χ4v) is 3.15. The largest absolute Gasteiger partial charge is 0.243 e. The minimum Gasteiger partial charge on any atom is -0.238 e. The summed E-state index contributed by atoms with van der Waals surface area (Å²) in [7, 11) is -3.46. The average molecular weight is 273 g/mol. The Morgan fingerprint density at radius 3 is 1.68 bits per heavy atom. The molecule has 0 N–H and O–H groups in total. The van der Waals surface area contributed by atoms with Gasteiger partial charge < -0.3 is 0 Å². The number of benzene rings is 2. The van der Waals surface area contributed by atoms with Crippen LogP contribution in [-0.4, -0.2) is 14.2 Å². The molecule has 19 heavy (non-hydrogen) atoms. The molecule has 2 rings (SSSR count). The van der Waals surface area contributed by atoms with Gasteiger partial charge in [-0.1, -0.05) is 42.5 Å². The zero-order chi connectivity index (χ0) is 13.7. The predicted octanol–water partition coefficient (Wildman–Crippen LogP) is 3.34. The lowest BCUT2D eigenvalue weighted by Gasteiger charge is -2.23. The van der Waals surface area contributed by atoms with E-state index in [1.165, 1.54) is 10.4 Å². The maximum atomic E-state index is 12.4. The van der Waals surface area contributed by atoms with Crippen LogP contribution in [0.3, 0.4) is 0 Å². The summed E-state index contributed by atoms with van der Waals surface area (Å²) in [6.07, 6.45) is 1.40. The molecule has 0 saturated heterocycles. The lowest BCUT2D eigenvalue weighted by molar-refractivity contribution is 0.599. The molecular weight excluding hydrogens is 258 g/mol. The highest BCUT2D eigenvalue weighted by Gasteiger charge is 2.22. The number of anilines is 2. The first-order valence-corrected chi connectivity index (χ1v) is 7.50. The van der Waals surface area contributed by atoms with Crippen LogP contribution >= 0.6 is 0 Å². The molecular formula is C15H15NO2S. The van der Waals surface area contributed by atoms with Crippen LogP contribution in [-0.2, 0) is 10.0 Å². The number of rotatable bonds is 5. The average Bonchev–Trinajstić information content (AvgIpc) is 2.41. The monoisotopic (exact) mass is 273 g/mol. The van der Waals surface area contributed by atoms with Gasteiger partial charge in [0.05, 0.1) is 17.1 Å². The van der Waals surface area contributed by atoms with E-state index in [1.54, 1.807) is 24.3 Å². The van der Waals surface area contributed by atoms with Crippen molar-refractivity contribution in [3.05, 3.63) is 73.3 Å². The Morgan fingerprint density at radius 2 is 1.32 bits per heavy atom. The summed E-state index contributed by atoms with van der Waals surface area (Å²) in [5.74, 6) is -0.100. The van der Waals surface area contributed by atoms with E-state index in [-0.39, 0.29) is 5.75 Å². The third kappa shape index (κ3) is 3.03. The third-order valence-electron chi connectivity index (χ3n) is 2.59. The number of para-hydroxylation sites is 2. The van der Waals surface area contributed by atoms with Crippen LogP contribution in [0.2, 0.25) is 0 Å². The summed E-state index contributed by atoms with van der Waals surface area (Å²) in [5.41, 5.74) is 1.24. The van der Waals surface area contributed by atoms with Gasteiger partial charge in [-0.25, -0.2) is 12.7 Å². The molecule has 0 fully saturated rings. The van der Waals surface area contributed by atoms with Crippen molar-refractivity contribution < 1.29 is 8.42 Å². The Morgan fingerprint density at radius 1 is 0.895 bits per heavy atom. The van der Waals surface area contributed by atoms with Gasteiger partial charge in [0.1, 0.15) is 0 Å². The van der Waals surface area contributed by atoms with Gasteiger partial charge in [-0.3, -0.25) is 0 Å². The lowest BCUT2D eigenvalue weighted by atomic mass is 10.3. The highest BCUT2D eigenvalue weighted by molar-refractivity contribution is 7.93. The first-order valence-electron chi connectivity index (χ1n) is 5.89. The molecule has 0 spiro atoms. The highest BCUT2D eigenvalue weighted by atomic mass is 32.2. The van der Waals surface area contributed by atoms with E-state index in [0.29, 0.717) is 11.4 Å². The van der Waals surface area contributed by atoms with Crippen LogP contribution in [0.15, 0.2) is 73.3 Å². The van der Waals surface area contributed by atoms with E-state index >= 15 is 0 Å². The maximum absolute atomic E-state index is 12.4. The quantitative estimate of drug-likeness (QED) is 0.783. The molecule has 4 heteroatoms. The Kier molecular flexibility index (Phi) is 4.02. The van der Waals surface area contributed by atoms with E-state index in [1.807, 2.05) is 36.4 Å². The molecule has 0 heterocycles. The van der Waals surface area contributed by atoms with E-state index in [9.17, 15) is 8.42 Å². The fourth-order valence-electron chi connectivity index (χ4n) is 1.82. The van der Waals surface area contributed by atoms with Gasteiger partial charge >= 0.3 is 0 Å². The van der Waals surface area contributed by atoms with E-state index in [0.717, 1.165) is 0 Å². The lowest BCUT2D eigenvalue weighted by Crippen LogP contribution is -2.27. The van der Waals surface area contributed by atoms with Gasteiger partial charge in [0, 0.05) is 0 Å². The Labute approximate surface area is 113 Å². The molecule has 0 unspecified atom stereocenters. The van der Waals surface area contributed by atoms with Crippen molar-refractivity contribution >= 4 is 21.4 Å². The summed E-state index contributed by atoms with van der Waals surface area (Å²) in [6, 6.07) is 18.1. The Hall–Kier alpha value is -2.07. The molecule has 98 valence electrons. The summed E-state index contributed by atoms with van der Waals surface area (Å²) in [5, 5.41) is 0. The smallest absolute Gasteiger partial charge is 0.238 e. The van der Waals surface area contributed by atoms with Crippen LogP contribution in [0.5, 0.6) is 0 Å². The van der Waals surface area contributed by atoms with Gasteiger partial charge in [0.25, 0.3) is 0 Å². The van der Waals surface area contributed by atoms with Crippen molar-refractivity contribution in [1.82, 2.24) is 0 Å². The number of sulfonamides is 1.